The van der Waals surface area contributed by atoms with Crippen molar-refractivity contribution in [2.45, 2.75) is 47.0 Å². The van der Waals surface area contributed by atoms with Gasteiger partial charge in [-0.3, -0.25) is 0 Å². The molecule has 1 rings (SSSR count). The Bertz CT molecular complexity index is 324. The van der Waals surface area contributed by atoms with Gasteiger partial charge in [0.1, 0.15) is 5.82 Å². The van der Waals surface area contributed by atoms with Crippen LogP contribution in [0.5, 0.6) is 0 Å². The predicted molar refractivity (Wildman–Crippen MR) is 67.4 cm³/mol. The van der Waals surface area contributed by atoms with Crippen LogP contribution >= 0.6 is 0 Å². The summed E-state index contributed by atoms with van der Waals surface area (Å²) in [4.78, 5) is 9.12. The lowest BCUT2D eigenvalue weighted by atomic mass is 9.99. The van der Waals surface area contributed by atoms with E-state index in [4.69, 9.17) is 5.73 Å². The van der Waals surface area contributed by atoms with Crippen LogP contribution in [0.4, 0.5) is 0 Å². The minimum Gasteiger partial charge on any atom is -0.330 e. The summed E-state index contributed by atoms with van der Waals surface area (Å²) in [7, 11) is 0. The van der Waals surface area contributed by atoms with Gasteiger partial charge in [-0.25, -0.2) is 9.97 Å². The van der Waals surface area contributed by atoms with Crippen LogP contribution in [0.3, 0.4) is 0 Å². The second-order valence-corrected chi connectivity index (χ2v) is 4.58. The number of nitrogens with zero attached hydrogens (tertiary/aromatic N) is 2. The molecule has 0 spiro atoms. The van der Waals surface area contributed by atoms with Crippen molar-refractivity contribution in [3.63, 3.8) is 0 Å². The summed E-state index contributed by atoms with van der Waals surface area (Å²) in [6, 6.07) is 0. The Labute approximate surface area is 98.5 Å². The minimum atomic E-state index is 0.498. The van der Waals surface area contributed by atoms with Crippen molar-refractivity contribution in [2.75, 3.05) is 6.54 Å². The van der Waals surface area contributed by atoms with Gasteiger partial charge in [-0.05, 0) is 44.7 Å². The van der Waals surface area contributed by atoms with E-state index in [-0.39, 0.29) is 0 Å². The van der Waals surface area contributed by atoms with Gasteiger partial charge in [0.2, 0.25) is 0 Å². The molecule has 0 saturated carbocycles. The van der Waals surface area contributed by atoms with Crippen molar-refractivity contribution in [1.82, 2.24) is 9.97 Å². The van der Waals surface area contributed by atoms with Gasteiger partial charge in [0.25, 0.3) is 0 Å². The standard InChI is InChI=1S/C13H23N3/c1-5-6-13-15-10(3)12(11(4)16-13)7-9(2)8-14/h9H,5-8,14H2,1-4H3. The first-order valence-electron chi connectivity index (χ1n) is 6.11. The minimum absolute atomic E-state index is 0.498. The molecule has 1 unspecified atom stereocenters. The maximum absolute atomic E-state index is 5.66. The largest absolute Gasteiger partial charge is 0.330 e. The van der Waals surface area contributed by atoms with Crippen molar-refractivity contribution in [3.05, 3.63) is 22.8 Å². The Morgan fingerprint density at radius 1 is 1.19 bits per heavy atom. The second-order valence-electron chi connectivity index (χ2n) is 4.58. The molecule has 0 bridgehead atoms. The molecule has 0 amide bonds. The Morgan fingerprint density at radius 3 is 2.19 bits per heavy atom. The molecule has 3 heteroatoms. The van der Waals surface area contributed by atoms with Gasteiger partial charge < -0.3 is 5.73 Å². The van der Waals surface area contributed by atoms with E-state index in [1.165, 1.54) is 5.56 Å². The van der Waals surface area contributed by atoms with E-state index in [0.29, 0.717) is 5.92 Å². The summed E-state index contributed by atoms with van der Waals surface area (Å²) in [6.45, 7) is 9.19. The molecule has 0 radical (unpaired) electrons. The molecule has 0 aliphatic heterocycles. The average Bonchev–Trinajstić information content (AvgIpc) is 2.23. The lowest BCUT2D eigenvalue weighted by molar-refractivity contribution is 0.584. The van der Waals surface area contributed by atoms with E-state index in [1.54, 1.807) is 0 Å². The van der Waals surface area contributed by atoms with Crippen LogP contribution in [-0.4, -0.2) is 16.5 Å². The van der Waals surface area contributed by atoms with Gasteiger partial charge in [-0.1, -0.05) is 13.8 Å². The highest BCUT2D eigenvalue weighted by Crippen LogP contribution is 2.15. The summed E-state index contributed by atoms with van der Waals surface area (Å²) in [6.07, 6.45) is 3.05. The molecule has 1 heterocycles. The molecule has 90 valence electrons. The van der Waals surface area contributed by atoms with Crippen molar-refractivity contribution < 1.29 is 0 Å². The fraction of sp³-hybridized carbons (Fsp3) is 0.692. The first kappa shape index (κ1) is 13.1. The Morgan fingerprint density at radius 2 is 1.75 bits per heavy atom. The van der Waals surface area contributed by atoms with Gasteiger partial charge >= 0.3 is 0 Å². The molecule has 1 atom stereocenters. The molecular weight excluding hydrogens is 198 g/mol. The van der Waals surface area contributed by atoms with Crippen LogP contribution in [-0.2, 0) is 12.8 Å². The maximum atomic E-state index is 5.66. The zero-order valence-electron chi connectivity index (χ0n) is 10.9. The van der Waals surface area contributed by atoms with Gasteiger partial charge in [-0.15, -0.1) is 0 Å². The summed E-state index contributed by atoms with van der Waals surface area (Å²) < 4.78 is 0. The topological polar surface area (TPSA) is 51.8 Å². The van der Waals surface area contributed by atoms with E-state index in [9.17, 15) is 0 Å². The number of hydrogen-bond acceptors (Lipinski definition) is 3. The first-order chi connectivity index (χ1) is 7.58. The smallest absolute Gasteiger partial charge is 0.128 e. The van der Waals surface area contributed by atoms with Crippen LogP contribution in [0.25, 0.3) is 0 Å². The van der Waals surface area contributed by atoms with E-state index >= 15 is 0 Å². The zero-order chi connectivity index (χ0) is 12.1. The molecule has 1 aromatic heterocycles. The third kappa shape index (κ3) is 3.27. The lowest BCUT2D eigenvalue weighted by Gasteiger charge is -2.14. The summed E-state index contributed by atoms with van der Waals surface area (Å²) >= 11 is 0. The number of nitrogens with two attached hydrogens (primary N) is 1. The third-order valence-electron chi connectivity index (χ3n) is 2.90. The van der Waals surface area contributed by atoms with Gasteiger partial charge in [-0.2, -0.15) is 0 Å². The average molecular weight is 221 g/mol. The lowest BCUT2D eigenvalue weighted by Crippen LogP contribution is -2.16. The van der Waals surface area contributed by atoms with Gasteiger partial charge in [0, 0.05) is 17.8 Å². The summed E-state index contributed by atoms with van der Waals surface area (Å²) in [5.74, 6) is 1.47. The molecule has 0 aliphatic carbocycles. The molecule has 0 aliphatic rings. The number of rotatable bonds is 5. The molecule has 0 saturated heterocycles. The molecular formula is C13H23N3. The molecule has 0 fully saturated rings. The van der Waals surface area contributed by atoms with E-state index < -0.39 is 0 Å². The van der Waals surface area contributed by atoms with Crippen molar-refractivity contribution in [3.8, 4) is 0 Å². The molecule has 16 heavy (non-hydrogen) atoms. The van der Waals surface area contributed by atoms with Gasteiger partial charge in [0.05, 0.1) is 0 Å². The molecule has 3 nitrogen and oxygen atoms in total. The highest BCUT2D eigenvalue weighted by atomic mass is 14.9. The fourth-order valence-electron chi connectivity index (χ4n) is 1.87. The Kier molecular flexibility index (Phi) is 4.87. The fourth-order valence-corrected chi connectivity index (χ4v) is 1.87. The SMILES string of the molecule is CCCc1nc(C)c(CC(C)CN)c(C)n1. The monoisotopic (exact) mass is 221 g/mol. The molecule has 0 aromatic carbocycles. The highest BCUT2D eigenvalue weighted by Gasteiger charge is 2.10. The first-order valence-corrected chi connectivity index (χ1v) is 6.11. The highest BCUT2D eigenvalue weighted by molar-refractivity contribution is 5.25. The third-order valence-corrected chi connectivity index (χ3v) is 2.90. The molecule has 1 aromatic rings. The number of aromatic nitrogens is 2. The van der Waals surface area contributed by atoms with Crippen LogP contribution in [0.1, 0.15) is 43.0 Å². The quantitative estimate of drug-likeness (QED) is 0.829. The van der Waals surface area contributed by atoms with Crippen LogP contribution in [0, 0.1) is 19.8 Å². The van der Waals surface area contributed by atoms with Crippen LogP contribution in [0.15, 0.2) is 0 Å². The molecule has 2 N–H and O–H groups in total. The van der Waals surface area contributed by atoms with Crippen LogP contribution in [0.2, 0.25) is 0 Å². The van der Waals surface area contributed by atoms with Crippen molar-refractivity contribution in [2.24, 2.45) is 11.7 Å². The predicted octanol–water partition coefficient (Wildman–Crippen LogP) is 2.18. The summed E-state index contributed by atoms with van der Waals surface area (Å²) in [5.41, 5.74) is 9.18. The van der Waals surface area contributed by atoms with E-state index in [0.717, 1.165) is 43.0 Å². The number of hydrogen-bond donors (Lipinski definition) is 1. The van der Waals surface area contributed by atoms with Crippen LogP contribution < -0.4 is 5.73 Å². The normalized spacial score (nSPS) is 12.8. The van der Waals surface area contributed by atoms with Gasteiger partial charge in [0.15, 0.2) is 0 Å². The maximum Gasteiger partial charge on any atom is 0.128 e. The Hall–Kier alpha value is -0.960. The van der Waals surface area contributed by atoms with Crippen molar-refractivity contribution >= 4 is 0 Å². The zero-order valence-corrected chi connectivity index (χ0v) is 10.9. The van der Waals surface area contributed by atoms with E-state index in [1.807, 2.05) is 0 Å². The van der Waals surface area contributed by atoms with Crippen molar-refractivity contribution in [1.29, 1.82) is 0 Å². The Balaban J connectivity index is 2.93. The second kappa shape index (κ2) is 5.94. The summed E-state index contributed by atoms with van der Waals surface area (Å²) in [5, 5.41) is 0. The van der Waals surface area contributed by atoms with E-state index in [2.05, 4.69) is 37.7 Å². The number of aryl methyl sites for hydroxylation is 3.